The average Bonchev–Trinajstić information content (AvgIpc) is 3.07. The quantitative estimate of drug-likeness (QED) is 0.539. The van der Waals surface area contributed by atoms with Crippen LogP contribution in [0.25, 0.3) is 11.2 Å². The van der Waals surface area contributed by atoms with E-state index < -0.39 is 31.4 Å². The van der Waals surface area contributed by atoms with Gasteiger partial charge in [-0.1, -0.05) is 12.7 Å². The first kappa shape index (κ1) is 16.7. The summed E-state index contributed by atoms with van der Waals surface area (Å²) >= 11 is 0. The largest absolute Gasteiger partial charge is 0.382 e. The van der Waals surface area contributed by atoms with E-state index in [1.165, 1.54) is 24.8 Å². The van der Waals surface area contributed by atoms with Crippen LogP contribution in [0.15, 0.2) is 37.2 Å². The van der Waals surface area contributed by atoms with Gasteiger partial charge in [0.15, 0.2) is 11.5 Å². The highest BCUT2D eigenvalue weighted by Gasteiger charge is 2.43. The van der Waals surface area contributed by atoms with Crippen molar-refractivity contribution in [1.82, 2.24) is 19.5 Å². The molecule has 1 aliphatic carbocycles. The van der Waals surface area contributed by atoms with Crippen molar-refractivity contribution >= 4 is 24.6 Å². The summed E-state index contributed by atoms with van der Waals surface area (Å²) in [5.74, 6) is -0.478. The second kappa shape index (κ2) is 5.75. The van der Waals surface area contributed by atoms with Crippen LogP contribution < -0.4 is 5.73 Å². The topological polar surface area (TPSA) is 136 Å². The van der Waals surface area contributed by atoms with Crippen molar-refractivity contribution in [3.63, 3.8) is 0 Å². The summed E-state index contributed by atoms with van der Waals surface area (Å²) in [6.45, 7) is 3.53. The van der Waals surface area contributed by atoms with E-state index in [2.05, 4.69) is 21.5 Å². The Bertz CT molecular complexity index is 878. The van der Waals surface area contributed by atoms with Gasteiger partial charge in [0, 0.05) is 6.42 Å². The molecular formula is C13H15FN5O4P. The van der Waals surface area contributed by atoms with Crippen molar-refractivity contribution in [2.45, 2.75) is 18.1 Å². The summed E-state index contributed by atoms with van der Waals surface area (Å²) in [6, 6.07) is -0.529. The first-order valence-corrected chi connectivity index (χ1v) is 8.68. The van der Waals surface area contributed by atoms with Crippen LogP contribution in [0.4, 0.5) is 10.2 Å². The van der Waals surface area contributed by atoms with Crippen molar-refractivity contribution in [3.8, 4) is 0 Å². The fraction of sp³-hybridized carbons (Fsp3) is 0.308. The Morgan fingerprint density at radius 2 is 2.29 bits per heavy atom. The van der Waals surface area contributed by atoms with Crippen LogP contribution in [0, 0.1) is 0 Å². The second-order valence-corrected chi connectivity index (χ2v) is 6.99. The van der Waals surface area contributed by atoms with Crippen molar-refractivity contribution < 1.29 is 23.5 Å². The second-order valence-electron chi connectivity index (χ2n) is 5.40. The summed E-state index contributed by atoms with van der Waals surface area (Å²) in [5.41, 5.74) is 4.93. The molecule has 9 nitrogen and oxygen atoms in total. The molecule has 0 unspecified atom stereocenters. The summed E-state index contributed by atoms with van der Waals surface area (Å²) < 4.78 is 32.2. The number of halogens is 1. The third-order valence-corrected chi connectivity index (χ3v) is 4.29. The Morgan fingerprint density at radius 1 is 1.54 bits per heavy atom. The van der Waals surface area contributed by atoms with Gasteiger partial charge in [-0.3, -0.25) is 4.57 Å². The lowest BCUT2D eigenvalue weighted by molar-refractivity contribution is 0.0211. The molecule has 1 aliphatic rings. The van der Waals surface area contributed by atoms with Gasteiger partial charge in [0.05, 0.1) is 12.4 Å². The van der Waals surface area contributed by atoms with Crippen LogP contribution in [-0.2, 0) is 9.30 Å². The van der Waals surface area contributed by atoms with Gasteiger partial charge >= 0.3 is 7.60 Å². The number of fused-ring (bicyclic) bond motifs is 1. The van der Waals surface area contributed by atoms with E-state index in [4.69, 9.17) is 20.3 Å². The predicted octanol–water partition coefficient (Wildman–Crippen LogP) is 1.28. The summed E-state index contributed by atoms with van der Waals surface area (Å²) in [6.07, 6.45) is 4.34. The minimum absolute atomic E-state index is 0.0533. The maximum Gasteiger partial charge on any atom is 0.351 e. The number of aromatic nitrogens is 4. The molecule has 24 heavy (non-hydrogen) atoms. The standard InChI is InChI=1S/C13H15FN5O4P/c1-2-13(23-7-24(20,21)22)4-8(3-9(13)14)19-6-18-10-11(15)16-5-17-12(10)19/h2-3,5-6,8H,1,4,7H2,(H2,15,16,17)(H2,20,21,22)/t8-,13-/m1/s1. The molecular weight excluding hydrogens is 340 g/mol. The number of rotatable bonds is 5. The lowest BCUT2D eigenvalue weighted by Gasteiger charge is -2.26. The monoisotopic (exact) mass is 355 g/mol. The first-order valence-electron chi connectivity index (χ1n) is 6.89. The van der Waals surface area contributed by atoms with Crippen molar-refractivity contribution in [2.24, 2.45) is 0 Å². The third kappa shape index (κ3) is 2.84. The molecule has 3 rings (SSSR count). The number of nitrogens with zero attached hydrogens (tertiary/aromatic N) is 4. The van der Waals surface area contributed by atoms with Crippen LogP contribution in [0.5, 0.6) is 0 Å². The summed E-state index contributed by atoms with van der Waals surface area (Å²) in [4.78, 5) is 30.0. The Morgan fingerprint density at radius 3 is 2.96 bits per heavy atom. The predicted molar refractivity (Wildman–Crippen MR) is 83.5 cm³/mol. The molecule has 0 saturated heterocycles. The van der Waals surface area contributed by atoms with Crippen molar-refractivity contribution in [1.29, 1.82) is 0 Å². The van der Waals surface area contributed by atoms with Crippen molar-refractivity contribution in [3.05, 3.63) is 37.2 Å². The highest BCUT2D eigenvalue weighted by molar-refractivity contribution is 7.51. The molecule has 11 heteroatoms. The van der Waals surface area contributed by atoms with Gasteiger partial charge in [-0.25, -0.2) is 19.3 Å². The fourth-order valence-electron chi connectivity index (χ4n) is 2.64. The van der Waals surface area contributed by atoms with Crippen molar-refractivity contribution in [2.75, 3.05) is 12.1 Å². The molecule has 0 fully saturated rings. The zero-order valence-corrected chi connectivity index (χ0v) is 13.3. The highest BCUT2D eigenvalue weighted by Crippen LogP contribution is 2.45. The fourth-order valence-corrected chi connectivity index (χ4v) is 3.03. The number of hydrogen-bond acceptors (Lipinski definition) is 6. The molecule has 2 heterocycles. The van der Waals surface area contributed by atoms with Crippen LogP contribution in [0.1, 0.15) is 12.5 Å². The zero-order valence-electron chi connectivity index (χ0n) is 12.4. The summed E-state index contributed by atoms with van der Waals surface area (Å²) in [7, 11) is -4.45. The Labute approximate surface area is 135 Å². The van der Waals surface area contributed by atoms with Gasteiger partial charge in [-0.2, -0.15) is 0 Å². The van der Waals surface area contributed by atoms with Crippen LogP contribution >= 0.6 is 7.60 Å². The van der Waals surface area contributed by atoms with Crippen LogP contribution in [-0.4, -0.2) is 41.3 Å². The van der Waals surface area contributed by atoms with E-state index in [1.54, 1.807) is 4.57 Å². The number of ether oxygens (including phenoxy) is 1. The van der Waals surface area contributed by atoms with E-state index in [0.29, 0.717) is 11.2 Å². The van der Waals surface area contributed by atoms with E-state index in [9.17, 15) is 8.96 Å². The van der Waals surface area contributed by atoms with Crippen LogP contribution in [0.2, 0.25) is 0 Å². The molecule has 2 atom stereocenters. The minimum atomic E-state index is -4.45. The molecule has 128 valence electrons. The lowest BCUT2D eigenvalue weighted by Crippen LogP contribution is -2.30. The Kier molecular flexibility index (Phi) is 4.00. The number of nitrogens with two attached hydrogens (primary N) is 1. The van der Waals surface area contributed by atoms with Gasteiger partial charge in [0.2, 0.25) is 0 Å². The minimum Gasteiger partial charge on any atom is -0.382 e. The molecule has 2 aromatic rings. The van der Waals surface area contributed by atoms with E-state index in [0.717, 1.165) is 0 Å². The van der Waals surface area contributed by atoms with Gasteiger partial charge in [-0.05, 0) is 6.08 Å². The molecule has 2 aromatic heterocycles. The van der Waals surface area contributed by atoms with Gasteiger partial charge in [0.1, 0.15) is 29.6 Å². The molecule has 0 amide bonds. The Hall–Kier alpha value is -2.13. The Balaban J connectivity index is 1.93. The number of anilines is 1. The molecule has 0 aliphatic heterocycles. The maximum absolute atomic E-state index is 14.5. The molecule has 0 radical (unpaired) electrons. The highest BCUT2D eigenvalue weighted by atomic mass is 31.2. The number of allylic oxidation sites excluding steroid dienone is 1. The SMILES string of the molecule is C=C[C@@]1(OCP(=O)(O)O)C[C@H](n2cnc3c(N)ncnc32)C=C1F. The van der Waals surface area contributed by atoms with E-state index >= 15 is 0 Å². The van der Waals surface area contributed by atoms with E-state index in [1.807, 2.05) is 0 Å². The normalized spacial score (nSPS) is 24.3. The number of nitrogen functional groups attached to an aromatic ring is 1. The maximum atomic E-state index is 14.5. The molecule has 0 aromatic carbocycles. The van der Waals surface area contributed by atoms with E-state index in [-0.39, 0.29) is 12.2 Å². The smallest absolute Gasteiger partial charge is 0.351 e. The number of hydrogen-bond donors (Lipinski definition) is 3. The first-order chi connectivity index (χ1) is 11.3. The lowest BCUT2D eigenvalue weighted by atomic mass is 10.0. The molecule has 0 saturated carbocycles. The van der Waals surface area contributed by atoms with Crippen LogP contribution in [0.3, 0.4) is 0 Å². The molecule has 0 spiro atoms. The van der Waals surface area contributed by atoms with Gasteiger partial charge < -0.3 is 24.8 Å². The molecule has 0 bridgehead atoms. The van der Waals surface area contributed by atoms with Gasteiger partial charge in [0.25, 0.3) is 0 Å². The summed E-state index contributed by atoms with van der Waals surface area (Å²) in [5, 5.41) is 0. The zero-order chi connectivity index (χ0) is 17.5. The third-order valence-electron chi connectivity index (χ3n) is 3.82. The number of imidazole rings is 1. The van der Waals surface area contributed by atoms with Gasteiger partial charge in [-0.15, -0.1) is 0 Å². The molecule has 4 N–H and O–H groups in total. The average molecular weight is 355 g/mol.